The fourth-order valence-corrected chi connectivity index (χ4v) is 3.27. The Hall–Kier alpha value is -2.91. The fraction of sp³-hybridized carbons (Fsp3) is 0.0588. The van der Waals surface area contributed by atoms with Gasteiger partial charge in [-0.25, -0.2) is 0 Å². The predicted octanol–water partition coefficient (Wildman–Crippen LogP) is 1.18. The first kappa shape index (κ1) is 15.0. The molecule has 0 bridgehead atoms. The number of ketones is 2. The summed E-state index contributed by atoms with van der Waals surface area (Å²) in [6.07, 6.45) is 0. The number of benzene rings is 2. The summed E-state index contributed by atoms with van der Waals surface area (Å²) in [5, 5.41) is 20.0. The fourth-order valence-electron chi connectivity index (χ4n) is 2.54. The van der Waals surface area contributed by atoms with Gasteiger partial charge in [0, 0.05) is 27.3 Å². The van der Waals surface area contributed by atoms with Crippen LogP contribution < -0.4 is 5.11 Å². The quantitative estimate of drug-likeness (QED) is 0.671. The molecule has 5 nitrogen and oxygen atoms in total. The second kappa shape index (κ2) is 5.71. The third-order valence-corrected chi connectivity index (χ3v) is 4.54. The Balaban J connectivity index is 2.19. The van der Waals surface area contributed by atoms with Gasteiger partial charge >= 0.3 is 0 Å². The van der Waals surface area contributed by atoms with Gasteiger partial charge in [-0.05, 0) is 12.1 Å². The van der Waals surface area contributed by atoms with E-state index in [9.17, 15) is 24.8 Å². The maximum atomic E-state index is 12.7. The lowest BCUT2D eigenvalue weighted by Crippen LogP contribution is -2.25. The van der Waals surface area contributed by atoms with Gasteiger partial charge in [-0.2, -0.15) is 5.26 Å². The van der Waals surface area contributed by atoms with Crippen LogP contribution in [0.1, 0.15) is 37.4 Å². The molecule has 2 aromatic rings. The van der Waals surface area contributed by atoms with Crippen molar-refractivity contribution >= 4 is 29.3 Å². The largest absolute Gasteiger partial charge is 0.549 e. The summed E-state index contributed by atoms with van der Waals surface area (Å²) in [7, 11) is 0. The monoisotopic (exact) mass is 322 g/mol. The van der Waals surface area contributed by atoms with Gasteiger partial charge in [0.05, 0.1) is 17.1 Å². The Morgan fingerprint density at radius 2 is 1.70 bits per heavy atom. The number of carbonyl (C=O) groups excluding carboxylic acids is 3. The first-order valence-corrected chi connectivity index (χ1v) is 7.61. The molecule has 0 aromatic heterocycles. The number of hydrogen-bond donors (Lipinski definition) is 0. The zero-order chi connectivity index (χ0) is 16.6. The summed E-state index contributed by atoms with van der Waals surface area (Å²) < 4.78 is 0. The van der Waals surface area contributed by atoms with E-state index in [0.29, 0.717) is 10.5 Å². The number of thioether (sulfide) groups is 1. The van der Waals surface area contributed by atoms with Crippen LogP contribution in [0.25, 0.3) is 0 Å². The SMILES string of the molecule is N#Cc1c(SCC(=O)[O-])ccc2c1C(=O)c1ccccc1C2=O. The Morgan fingerprint density at radius 1 is 1.04 bits per heavy atom. The van der Waals surface area contributed by atoms with Crippen LogP contribution in [0.15, 0.2) is 41.3 Å². The van der Waals surface area contributed by atoms with E-state index in [2.05, 4.69) is 0 Å². The second-order valence-electron chi connectivity index (χ2n) is 4.84. The predicted molar refractivity (Wildman–Crippen MR) is 80.2 cm³/mol. The lowest BCUT2D eigenvalue weighted by molar-refractivity contribution is -0.301. The maximum absolute atomic E-state index is 12.7. The third kappa shape index (κ3) is 2.41. The molecule has 6 heteroatoms. The van der Waals surface area contributed by atoms with E-state index in [1.54, 1.807) is 24.3 Å². The molecule has 0 fully saturated rings. The Kier molecular flexibility index (Phi) is 3.72. The van der Waals surface area contributed by atoms with Crippen LogP contribution >= 0.6 is 11.8 Å². The third-order valence-electron chi connectivity index (χ3n) is 3.51. The van der Waals surface area contributed by atoms with E-state index in [0.717, 1.165) is 11.8 Å². The Labute approximate surface area is 135 Å². The van der Waals surface area contributed by atoms with Crippen LogP contribution in [-0.4, -0.2) is 23.3 Å². The van der Waals surface area contributed by atoms with Gasteiger partial charge in [-0.3, -0.25) is 9.59 Å². The van der Waals surface area contributed by atoms with Crippen LogP contribution in [0, 0.1) is 11.3 Å². The number of nitriles is 1. The number of carboxylic acids is 1. The van der Waals surface area contributed by atoms with Crippen molar-refractivity contribution in [2.24, 2.45) is 0 Å². The number of carboxylic acid groups (broad SMARTS) is 1. The molecular formula is C17H8NO4S-. The molecule has 0 spiro atoms. The van der Waals surface area contributed by atoms with E-state index in [-0.39, 0.29) is 33.8 Å². The lowest BCUT2D eigenvalue weighted by atomic mass is 9.82. The molecule has 0 aliphatic heterocycles. The Morgan fingerprint density at radius 3 is 2.30 bits per heavy atom. The van der Waals surface area contributed by atoms with Crippen molar-refractivity contribution in [2.75, 3.05) is 5.75 Å². The molecule has 0 atom stereocenters. The molecule has 0 N–H and O–H groups in total. The van der Waals surface area contributed by atoms with Crippen molar-refractivity contribution in [1.29, 1.82) is 5.26 Å². The molecule has 1 aliphatic rings. The van der Waals surface area contributed by atoms with Gasteiger partial charge in [0.2, 0.25) is 0 Å². The standard InChI is InChI=1S/C17H9NO4S/c18-7-12-13(23-8-14(19)20)6-5-11-15(12)17(22)10-4-2-1-3-9(10)16(11)21/h1-6H,8H2,(H,19,20)/p-1. The van der Waals surface area contributed by atoms with Gasteiger partial charge < -0.3 is 9.90 Å². The minimum absolute atomic E-state index is 0.0293. The van der Waals surface area contributed by atoms with E-state index in [1.807, 2.05) is 6.07 Å². The summed E-state index contributed by atoms with van der Waals surface area (Å²) in [5.41, 5.74) is 0.803. The first-order chi connectivity index (χ1) is 11.0. The highest BCUT2D eigenvalue weighted by molar-refractivity contribution is 8.00. The van der Waals surface area contributed by atoms with Crippen LogP contribution in [0.3, 0.4) is 0 Å². The molecule has 23 heavy (non-hydrogen) atoms. The molecule has 112 valence electrons. The van der Waals surface area contributed by atoms with Crippen molar-refractivity contribution in [1.82, 2.24) is 0 Å². The van der Waals surface area contributed by atoms with E-state index >= 15 is 0 Å². The Bertz CT molecular complexity index is 911. The number of carbonyl (C=O) groups is 3. The van der Waals surface area contributed by atoms with Crippen molar-refractivity contribution in [3.63, 3.8) is 0 Å². The highest BCUT2D eigenvalue weighted by atomic mass is 32.2. The summed E-state index contributed by atoms with van der Waals surface area (Å²) in [6.45, 7) is 0. The summed E-state index contributed by atoms with van der Waals surface area (Å²) in [4.78, 5) is 36.2. The van der Waals surface area contributed by atoms with Gasteiger partial charge in [0.15, 0.2) is 11.6 Å². The number of hydrogen-bond acceptors (Lipinski definition) is 6. The van der Waals surface area contributed by atoms with E-state index in [1.165, 1.54) is 12.1 Å². The normalized spacial score (nSPS) is 12.3. The molecule has 0 amide bonds. The van der Waals surface area contributed by atoms with Crippen molar-refractivity contribution in [3.8, 4) is 6.07 Å². The van der Waals surface area contributed by atoms with Crippen LogP contribution in [0.4, 0.5) is 0 Å². The summed E-state index contributed by atoms with van der Waals surface area (Å²) >= 11 is 0.889. The maximum Gasteiger partial charge on any atom is 0.195 e. The number of nitrogens with zero attached hydrogens (tertiary/aromatic N) is 1. The van der Waals surface area contributed by atoms with Crippen molar-refractivity contribution in [2.45, 2.75) is 4.90 Å². The minimum atomic E-state index is -1.27. The minimum Gasteiger partial charge on any atom is -0.549 e. The average Bonchev–Trinajstić information content (AvgIpc) is 2.56. The zero-order valence-corrected chi connectivity index (χ0v) is 12.5. The summed E-state index contributed by atoms with van der Waals surface area (Å²) in [6, 6.07) is 11.3. The van der Waals surface area contributed by atoms with E-state index < -0.39 is 11.8 Å². The van der Waals surface area contributed by atoms with Crippen LogP contribution in [0.5, 0.6) is 0 Å². The smallest absolute Gasteiger partial charge is 0.195 e. The van der Waals surface area contributed by atoms with Crippen molar-refractivity contribution < 1.29 is 19.5 Å². The first-order valence-electron chi connectivity index (χ1n) is 6.62. The molecule has 0 saturated heterocycles. The van der Waals surface area contributed by atoms with Gasteiger partial charge in [-0.1, -0.05) is 24.3 Å². The highest BCUT2D eigenvalue weighted by Crippen LogP contribution is 2.34. The molecule has 1 aliphatic carbocycles. The lowest BCUT2D eigenvalue weighted by Gasteiger charge is -2.19. The molecule has 0 unspecified atom stereocenters. The molecule has 0 saturated carbocycles. The molecule has 0 heterocycles. The molecule has 0 radical (unpaired) electrons. The molecule has 3 rings (SSSR count). The van der Waals surface area contributed by atoms with Crippen LogP contribution in [0.2, 0.25) is 0 Å². The molecule has 2 aromatic carbocycles. The highest BCUT2D eigenvalue weighted by Gasteiger charge is 2.32. The summed E-state index contributed by atoms with van der Waals surface area (Å²) in [5.74, 6) is -2.33. The average molecular weight is 322 g/mol. The van der Waals surface area contributed by atoms with Crippen LogP contribution in [-0.2, 0) is 4.79 Å². The van der Waals surface area contributed by atoms with Gasteiger partial charge in [0.1, 0.15) is 6.07 Å². The number of fused-ring (bicyclic) bond motifs is 2. The number of rotatable bonds is 3. The van der Waals surface area contributed by atoms with Crippen molar-refractivity contribution in [3.05, 3.63) is 64.2 Å². The van der Waals surface area contributed by atoms with Gasteiger partial charge in [0.25, 0.3) is 0 Å². The van der Waals surface area contributed by atoms with E-state index in [4.69, 9.17) is 0 Å². The second-order valence-corrected chi connectivity index (χ2v) is 5.85. The van der Waals surface area contributed by atoms with Gasteiger partial charge in [-0.15, -0.1) is 11.8 Å². The number of aliphatic carboxylic acids is 1. The zero-order valence-electron chi connectivity index (χ0n) is 11.7. The topological polar surface area (TPSA) is 98.1 Å². The molecular weight excluding hydrogens is 314 g/mol.